The molecule has 1 aromatic rings. The second-order valence-corrected chi connectivity index (χ2v) is 7.62. The summed E-state index contributed by atoms with van der Waals surface area (Å²) in [5, 5.41) is 9.79. The summed E-state index contributed by atoms with van der Waals surface area (Å²) in [6, 6.07) is 9.93. The summed E-state index contributed by atoms with van der Waals surface area (Å²) in [6.45, 7) is 7.12. The Kier molecular flexibility index (Phi) is 6.45. The maximum Gasteiger partial charge on any atom is 0.227 e. The van der Waals surface area contributed by atoms with Crippen LogP contribution in [-0.2, 0) is 11.2 Å². The van der Waals surface area contributed by atoms with Gasteiger partial charge in [0.25, 0.3) is 0 Å². The number of likely N-dealkylation sites (tertiary alicyclic amines) is 1. The molecule has 0 radical (unpaired) electrons. The number of amides is 1. The van der Waals surface area contributed by atoms with Gasteiger partial charge in [0, 0.05) is 45.2 Å². The van der Waals surface area contributed by atoms with Crippen molar-refractivity contribution in [3.63, 3.8) is 0 Å². The van der Waals surface area contributed by atoms with Crippen molar-refractivity contribution in [2.75, 3.05) is 59.5 Å². The second kappa shape index (κ2) is 8.79. The molecule has 0 aromatic heterocycles. The van der Waals surface area contributed by atoms with Crippen LogP contribution in [0.25, 0.3) is 0 Å². The predicted molar refractivity (Wildman–Crippen MR) is 99.3 cm³/mol. The molecule has 0 unspecified atom stereocenters. The van der Waals surface area contributed by atoms with Crippen LogP contribution in [-0.4, -0.2) is 85.2 Å². The zero-order chi connectivity index (χ0) is 17.6. The molecule has 138 valence electrons. The zero-order valence-electron chi connectivity index (χ0n) is 15.3. The minimum atomic E-state index is 0.174. The highest BCUT2D eigenvalue weighted by atomic mass is 16.3. The van der Waals surface area contributed by atoms with Gasteiger partial charge >= 0.3 is 0 Å². The van der Waals surface area contributed by atoms with Gasteiger partial charge in [-0.25, -0.2) is 0 Å². The predicted octanol–water partition coefficient (Wildman–Crippen LogP) is 0.934. The Morgan fingerprint density at radius 3 is 2.60 bits per heavy atom. The third kappa shape index (κ3) is 5.03. The molecule has 5 nitrogen and oxygen atoms in total. The molecule has 2 saturated heterocycles. The molecule has 0 spiro atoms. The second-order valence-electron chi connectivity index (χ2n) is 7.62. The smallest absolute Gasteiger partial charge is 0.227 e. The van der Waals surface area contributed by atoms with Gasteiger partial charge < -0.3 is 19.8 Å². The number of rotatable bonds is 5. The lowest BCUT2D eigenvalue weighted by Gasteiger charge is -2.26. The quantitative estimate of drug-likeness (QED) is 0.863. The largest absolute Gasteiger partial charge is 0.396 e. The fourth-order valence-electron chi connectivity index (χ4n) is 4.05. The van der Waals surface area contributed by atoms with Crippen molar-refractivity contribution in [2.45, 2.75) is 12.8 Å². The van der Waals surface area contributed by atoms with Gasteiger partial charge in [0.2, 0.25) is 5.91 Å². The summed E-state index contributed by atoms with van der Waals surface area (Å²) in [6.07, 6.45) is 1.66. The van der Waals surface area contributed by atoms with E-state index in [4.69, 9.17) is 0 Å². The van der Waals surface area contributed by atoms with Crippen molar-refractivity contribution in [2.24, 2.45) is 11.8 Å². The SMILES string of the molecule is CN1CCCN(C[C@@H]2CN(C(=O)Cc3ccccc3)C[C@@H]2CO)CC1. The van der Waals surface area contributed by atoms with Crippen LogP contribution in [0.2, 0.25) is 0 Å². The Morgan fingerprint density at radius 2 is 1.84 bits per heavy atom. The molecular weight excluding hydrogens is 314 g/mol. The normalized spacial score (nSPS) is 25.9. The molecule has 2 heterocycles. The van der Waals surface area contributed by atoms with Gasteiger partial charge in [-0.15, -0.1) is 0 Å². The summed E-state index contributed by atoms with van der Waals surface area (Å²) in [5.41, 5.74) is 1.06. The van der Waals surface area contributed by atoms with Gasteiger partial charge in [-0.1, -0.05) is 30.3 Å². The molecule has 0 saturated carbocycles. The monoisotopic (exact) mass is 345 g/mol. The molecule has 25 heavy (non-hydrogen) atoms. The minimum absolute atomic E-state index is 0.174. The minimum Gasteiger partial charge on any atom is -0.396 e. The number of likely N-dealkylation sites (N-methyl/N-ethyl adjacent to an activating group) is 1. The summed E-state index contributed by atoms with van der Waals surface area (Å²) in [5.74, 6) is 0.775. The molecule has 1 aromatic carbocycles. The molecular formula is C20H31N3O2. The first kappa shape index (κ1) is 18.4. The third-order valence-electron chi connectivity index (χ3n) is 5.67. The van der Waals surface area contributed by atoms with E-state index in [1.165, 1.54) is 6.42 Å². The van der Waals surface area contributed by atoms with Crippen LogP contribution in [0.15, 0.2) is 30.3 Å². The van der Waals surface area contributed by atoms with Gasteiger partial charge in [0.1, 0.15) is 0 Å². The molecule has 5 heteroatoms. The van der Waals surface area contributed by atoms with E-state index in [9.17, 15) is 9.90 Å². The van der Waals surface area contributed by atoms with Crippen molar-refractivity contribution >= 4 is 5.91 Å². The van der Waals surface area contributed by atoms with Gasteiger partial charge in [0.15, 0.2) is 0 Å². The fourth-order valence-corrected chi connectivity index (χ4v) is 4.05. The van der Waals surface area contributed by atoms with E-state index in [1.807, 2.05) is 35.2 Å². The molecule has 1 amide bonds. The van der Waals surface area contributed by atoms with Gasteiger partial charge in [-0.05, 0) is 38.0 Å². The van der Waals surface area contributed by atoms with E-state index in [1.54, 1.807) is 0 Å². The standard InChI is InChI=1S/C20H31N3O2/c1-21-8-5-9-22(11-10-21)13-18-14-23(15-19(18)16-24)20(25)12-17-6-3-2-4-7-17/h2-4,6-7,18-19,24H,5,8-16H2,1H3/t18-,19-/m1/s1. The van der Waals surface area contributed by atoms with Crippen molar-refractivity contribution in [3.05, 3.63) is 35.9 Å². The van der Waals surface area contributed by atoms with Crippen LogP contribution in [0.5, 0.6) is 0 Å². The van der Waals surface area contributed by atoms with Gasteiger partial charge in [-0.2, -0.15) is 0 Å². The fraction of sp³-hybridized carbons (Fsp3) is 0.650. The van der Waals surface area contributed by atoms with E-state index in [-0.39, 0.29) is 18.4 Å². The van der Waals surface area contributed by atoms with Crippen molar-refractivity contribution in [3.8, 4) is 0 Å². The summed E-state index contributed by atoms with van der Waals surface area (Å²) in [7, 11) is 2.18. The topological polar surface area (TPSA) is 47.0 Å². The average molecular weight is 345 g/mol. The Bertz CT molecular complexity index is 551. The molecule has 2 aliphatic rings. The van der Waals surface area contributed by atoms with Crippen LogP contribution in [0.4, 0.5) is 0 Å². The molecule has 0 aliphatic carbocycles. The molecule has 2 atom stereocenters. The maximum atomic E-state index is 12.6. The number of carbonyl (C=O) groups is 1. The number of carbonyl (C=O) groups excluding carboxylic acids is 1. The number of aliphatic hydroxyl groups is 1. The van der Waals surface area contributed by atoms with Crippen molar-refractivity contribution in [1.29, 1.82) is 0 Å². The van der Waals surface area contributed by atoms with E-state index in [0.717, 1.165) is 44.8 Å². The first-order valence-corrected chi connectivity index (χ1v) is 9.49. The van der Waals surface area contributed by atoms with Crippen molar-refractivity contribution in [1.82, 2.24) is 14.7 Å². The molecule has 3 rings (SSSR count). The first-order chi connectivity index (χ1) is 12.2. The highest BCUT2D eigenvalue weighted by molar-refractivity contribution is 5.79. The van der Waals surface area contributed by atoms with Gasteiger partial charge in [-0.3, -0.25) is 4.79 Å². The van der Waals surface area contributed by atoms with Gasteiger partial charge in [0.05, 0.1) is 6.42 Å². The van der Waals surface area contributed by atoms with E-state index in [2.05, 4.69) is 16.8 Å². The number of nitrogens with zero attached hydrogens (tertiary/aromatic N) is 3. The number of aliphatic hydroxyl groups excluding tert-OH is 1. The maximum absolute atomic E-state index is 12.6. The Hall–Kier alpha value is -1.43. The average Bonchev–Trinajstić information content (AvgIpc) is 2.92. The zero-order valence-corrected chi connectivity index (χ0v) is 15.3. The number of benzene rings is 1. The Labute approximate surface area is 151 Å². The lowest BCUT2D eigenvalue weighted by molar-refractivity contribution is -0.129. The van der Waals surface area contributed by atoms with E-state index >= 15 is 0 Å². The van der Waals surface area contributed by atoms with Crippen LogP contribution in [0.3, 0.4) is 0 Å². The van der Waals surface area contributed by atoms with E-state index < -0.39 is 0 Å². The number of hydrogen-bond acceptors (Lipinski definition) is 4. The first-order valence-electron chi connectivity index (χ1n) is 9.49. The van der Waals surface area contributed by atoms with Crippen LogP contribution in [0, 0.1) is 11.8 Å². The van der Waals surface area contributed by atoms with Crippen molar-refractivity contribution < 1.29 is 9.90 Å². The highest BCUT2D eigenvalue weighted by Crippen LogP contribution is 2.25. The Morgan fingerprint density at radius 1 is 1.08 bits per heavy atom. The molecule has 2 aliphatic heterocycles. The Balaban J connectivity index is 1.55. The highest BCUT2D eigenvalue weighted by Gasteiger charge is 2.35. The third-order valence-corrected chi connectivity index (χ3v) is 5.67. The van der Waals surface area contributed by atoms with E-state index in [0.29, 0.717) is 18.9 Å². The molecule has 0 bridgehead atoms. The number of hydrogen-bond donors (Lipinski definition) is 1. The van der Waals surface area contributed by atoms with Crippen LogP contribution >= 0.6 is 0 Å². The van der Waals surface area contributed by atoms with Crippen LogP contribution < -0.4 is 0 Å². The lowest BCUT2D eigenvalue weighted by atomic mass is 9.96. The molecule has 2 fully saturated rings. The lowest BCUT2D eigenvalue weighted by Crippen LogP contribution is -2.36. The summed E-state index contributed by atoms with van der Waals surface area (Å²) < 4.78 is 0. The van der Waals surface area contributed by atoms with Crippen LogP contribution in [0.1, 0.15) is 12.0 Å². The molecule has 1 N–H and O–H groups in total. The summed E-state index contributed by atoms with van der Waals surface area (Å²) in [4.78, 5) is 19.5. The summed E-state index contributed by atoms with van der Waals surface area (Å²) >= 11 is 0.